The van der Waals surface area contributed by atoms with Crippen LogP contribution in [0.15, 0.2) is 54.6 Å². The van der Waals surface area contributed by atoms with Crippen molar-refractivity contribution < 1.29 is 14.3 Å². The Morgan fingerprint density at radius 1 is 1.03 bits per heavy atom. The van der Waals surface area contributed by atoms with Crippen LogP contribution in [0.25, 0.3) is 21.5 Å². The Balaban J connectivity index is 1.32. The third-order valence-corrected chi connectivity index (χ3v) is 8.51. The Labute approximate surface area is 225 Å². The topological polar surface area (TPSA) is 73.6 Å². The molecule has 0 bridgehead atoms. The van der Waals surface area contributed by atoms with Crippen LogP contribution >= 0.6 is 0 Å². The molecule has 2 aliphatic heterocycles. The number of unbranched alkanes of at least 4 members (excludes halogenated alkanes) is 1. The van der Waals surface area contributed by atoms with Crippen molar-refractivity contribution in [3.8, 4) is 6.07 Å². The van der Waals surface area contributed by atoms with Crippen LogP contribution in [0.5, 0.6) is 0 Å². The number of rotatable bonds is 7. The first-order valence-electron chi connectivity index (χ1n) is 14.0. The molecule has 2 aliphatic rings. The molecule has 5 rings (SSSR count). The highest BCUT2D eigenvalue weighted by Crippen LogP contribution is 2.39. The van der Waals surface area contributed by atoms with Gasteiger partial charge >= 0.3 is 5.97 Å². The summed E-state index contributed by atoms with van der Waals surface area (Å²) in [6, 6.07) is 21.0. The number of benzene rings is 3. The predicted octanol–water partition coefficient (Wildman–Crippen LogP) is 5.94. The molecular weight excluding hydrogens is 474 g/mol. The molecule has 2 heterocycles. The van der Waals surface area contributed by atoms with Gasteiger partial charge in [0.1, 0.15) is 0 Å². The lowest BCUT2D eigenvalue weighted by Gasteiger charge is -2.46. The molecule has 0 spiro atoms. The van der Waals surface area contributed by atoms with Crippen LogP contribution in [0.1, 0.15) is 62.2 Å². The maximum atomic E-state index is 13.9. The average Bonchev–Trinajstić information content (AvgIpc) is 2.96. The van der Waals surface area contributed by atoms with Crippen LogP contribution in [0, 0.1) is 16.7 Å². The molecule has 0 radical (unpaired) electrons. The zero-order valence-electron chi connectivity index (χ0n) is 22.3. The fraction of sp³-hybridized carbons (Fsp3) is 0.469. The third kappa shape index (κ3) is 5.13. The first kappa shape index (κ1) is 26.2. The summed E-state index contributed by atoms with van der Waals surface area (Å²) in [4.78, 5) is 31.5. The number of hydrogen-bond donors (Lipinski definition) is 0. The average molecular weight is 512 g/mol. The number of esters is 1. The molecule has 0 N–H and O–H groups in total. The van der Waals surface area contributed by atoms with E-state index in [1.807, 2.05) is 36.1 Å². The minimum Gasteiger partial charge on any atom is -0.466 e. The summed E-state index contributed by atoms with van der Waals surface area (Å²) < 4.78 is 5.52. The molecule has 2 saturated heterocycles. The molecule has 2 fully saturated rings. The van der Waals surface area contributed by atoms with E-state index in [-0.39, 0.29) is 11.9 Å². The van der Waals surface area contributed by atoms with Gasteiger partial charge in [-0.3, -0.25) is 14.5 Å². The van der Waals surface area contributed by atoms with Gasteiger partial charge in [-0.05, 0) is 79.6 Å². The smallest absolute Gasteiger partial charge is 0.313 e. The Morgan fingerprint density at radius 2 is 1.68 bits per heavy atom. The molecule has 3 aromatic rings. The molecule has 0 saturated carbocycles. The van der Waals surface area contributed by atoms with E-state index in [9.17, 15) is 9.59 Å². The molecule has 198 valence electrons. The van der Waals surface area contributed by atoms with Crippen LogP contribution in [0.2, 0.25) is 0 Å². The van der Waals surface area contributed by atoms with Gasteiger partial charge in [0.25, 0.3) is 5.91 Å². The first-order valence-corrected chi connectivity index (χ1v) is 14.0. The van der Waals surface area contributed by atoms with Gasteiger partial charge in [-0.1, -0.05) is 48.5 Å². The van der Waals surface area contributed by atoms with Crippen molar-refractivity contribution >= 4 is 33.4 Å². The highest BCUT2D eigenvalue weighted by molar-refractivity contribution is 6.18. The predicted molar refractivity (Wildman–Crippen MR) is 150 cm³/mol. The van der Waals surface area contributed by atoms with E-state index in [0.717, 1.165) is 65.8 Å². The van der Waals surface area contributed by atoms with E-state index in [1.165, 1.54) is 0 Å². The zero-order valence-corrected chi connectivity index (χ0v) is 22.3. The second-order valence-electron chi connectivity index (χ2n) is 10.8. The van der Waals surface area contributed by atoms with Crippen molar-refractivity contribution in [3.05, 3.63) is 60.2 Å². The summed E-state index contributed by atoms with van der Waals surface area (Å²) in [5, 5.41) is 13.2. The van der Waals surface area contributed by atoms with Crippen molar-refractivity contribution in [2.75, 3.05) is 32.8 Å². The van der Waals surface area contributed by atoms with E-state index in [4.69, 9.17) is 10.00 Å². The Kier molecular flexibility index (Phi) is 7.95. The van der Waals surface area contributed by atoms with E-state index in [1.54, 1.807) is 0 Å². The van der Waals surface area contributed by atoms with Crippen LogP contribution in [-0.4, -0.2) is 60.5 Å². The molecule has 1 unspecified atom stereocenters. The molecule has 1 amide bonds. The molecule has 38 heavy (non-hydrogen) atoms. The highest BCUT2D eigenvalue weighted by Gasteiger charge is 2.44. The van der Waals surface area contributed by atoms with Gasteiger partial charge in [0.05, 0.1) is 23.7 Å². The summed E-state index contributed by atoms with van der Waals surface area (Å²) >= 11 is 0. The number of carbonyl (C=O) groups excluding carboxylic acids is 2. The largest absolute Gasteiger partial charge is 0.466 e. The lowest BCUT2D eigenvalue weighted by Crippen LogP contribution is -2.54. The van der Waals surface area contributed by atoms with E-state index in [0.29, 0.717) is 45.1 Å². The van der Waals surface area contributed by atoms with E-state index >= 15 is 0 Å². The number of nitrogens with zero attached hydrogens (tertiary/aromatic N) is 3. The maximum Gasteiger partial charge on any atom is 0.313 e. The molecule has 0 aliphatic carbocycles. The highest BCUT2D eigenvalue weighted by atomic mass is 16.5. The lowest BCUT2D eigenvalue weighted by atomic mass is 9.75. The summed E-state index contributed by atoms with van der Waals surface area (Å²) in [6.45, 7) is 5.29. The second kappa shape index (κ2) is 11.5. The van der Waals surface area contributed by atoms with E-state index < -0.39 is 5.41 Å². The molecular formula is C32H37N3O3. The monoisotopic (exact) mass is 511 g/mol. The Hall–Kier alpha value is -3.43. The quantitative estimate of drug-likeness (QED) is 0.223. The number of nitriles is 1. The van der Waals surface area contributed by atoms with Crippen molar-refractivity contribution in [3.63, 3.8) is 0 Å². The minimum absolute atomic E-state index is 0.104. The number of amides is 1. The number of carbonyl (C=O) groups is 2. The summed E-state index contributed by atoms with van der Waals surface area (Å²) in [5.74, 6) is -0.00874. The van der Waals surface area contributed by atoms with Gasteiger partial charge in [-0.2, -0.15) is 5.26 Å². The van der Waals surface area contributed by atoms with Gasteiger partial charge in [0, 0.05) is 32.1 Å². The van der Waals surface area contributed by atoms with Gasteiger partial charge in [0.15, 0.2) is 0 Å². The normalized spacial score (nSPS) is 20.9. The Bertz CT molecular complexity index is 1300. The van der Waals surface area contributed by atoms with Crippen LogP contribution in [-0.2, 0) is 9.53 Å². The molecule has 6 nitrogen and oxygen atoms in total. The summed E-state index contributed by atoms with van der Waals surface area (Å²) in [6.07, 6.45) is 5.43. The zero-order chi connectivity index (χ0) is 26.5. The van der Waals surface area contributed by atoms with Crippen molar-refractivity contribution in [2.45, 2.75) is 57.9 Å². The standard InChI is InChI=1S/C32H37N3O3/c1-2-38-31(37)32(16-7-8-18-33)17-9-19-35(23-32)26-14-20-34(21-15-26)30(36)29-27-12-5-3-10-24(27)22-25-11-4-6-13-28(25)29/h3-6,10-13,22,26H,2,7-9,14-17,19-21,23H2,1H3. The van der Waals surface area contributed by atoms with Crippen LogP contribution in [0.3, 0.4) is 0 Å². The number of hydrogen-bond acceptors (Lipinski definition) is 5. The molecule has 3 aromatic carbocycles. The van der Waals surface area contributed by atoms with Crippen LogP contribution < -0.4 is 0 Å². The van der Waals surface area contributed by atoms with Crippen molar-refractivity contribution in [2.24, 2.45) is 5.41 Å². The van der Waals surface area contributed by atoms with E-state index in [2.05, 4.69) is 41.3 Å². The Morgan fingerprint density at radius 3 is 2.32 bits per heavy atom. The maximum absolute atomic E-state index is 13.9. The molecule has 0 aromatic heterocycles. The number of likely N-dealkylation sites (tertiary alicyclic amines) is 2. The molecule has 1 atom stereocenters. The van der Waals surface area contributed by atoms with Gasteiger partial charge < -0.3 is 9.64 Å². The van der Waals surface area contributed by atoms with Gasteiger partial charge in [0.2, 0.25) is 0 Å². The van der Waals surface area contributed by atoms with Gasteiger partial charge in [-0.15, -0.1) is 0 Å². The summed E-state index contributed by atoms with van der Waals surface area (Å²) in [5.41, 5.74) is 0.272. The van der Waals surface area contributed by atoms with Crippen molar-refractivity contribution in [1.29, 1.82) is 5.26 Å². The SMILES string of the molecule is CCOC(=O)C1(CCCC#N)CCCN(C2CCN(C(=O)c3c4ccccc4cc4ccccc34)CC2)C1. The minimum atomic E-state index is -0.528. The fourth-order valence-corrected chi connectivity index (χ4v) is 6.58. The molecule has 6 heteroatoms. The fourth-order valence-electron chi connectivity index (χ4n) is 6.58. The summed E-state index contributed by atoms with van der Waals surface area (Å²) in [7, 11) is 0. The van der Waals surface area contributed by atoms with Crippen LogP contribution in [0.4, 0.5) is 0 Å². The van der Waals surface area contributed by atoms with Gasteiger partial charge in [-0.25, -0.2) is 0 Å². The number of piperidine rings is 2. The lowest BCUT2D eigenvalue weighted by molar-refractivity contribution is -0.160. The number of ether oxygens (including phenoxy) is 1. The first-order chi connectivity index (χ1) is 18.6. The third-order valence-electron chi connectivity index (χ3n) is 8.51. The number of fused-ring (bicyclic) bond motifs is 2. The second-order valence-corrected chi connectivity index (χ2v) is 10.8. The van der Waals surface area contributed by atoms with Crippen molar-refractivity contribution in [1.82, 2.24) is 9.80 Å².